The van der Waals surface area contributed by atoms with E-state index in [0.29, 0.717) is 44.1 Å². The van der Waals surface area contributed by atoms with E-state index in [9.17, 15) is 45.6 Å². The molecule has 8 aromatic rings. The number of carbonyl (C=O) groups excluding carboxylic acids is 7. The van der Waals surface area contributed by atoms with E-state index >= 15 is 9.59 Å². The maximum Gasteiger partial charge on any atom is 0.534 e. The van der Waals surface area contributed by atoms with Crippen molar-refractivity contribution in [2.45, 2.75) is 124 Å². The van der Waals surface area contributed by atoms with E-state index < -0.39 is 149 Å². The van der Waals surface area contributed by atoms with Crippen molar-refractivity contribution in [2.24, 2.45) is 17.3 Å². The summed E-state index contributed by atoms with van der Waals surface area (Å²) in [6, 6.07) is 58.6. The zero-order chi connectivity index (χ0) is 73.4. The van der Waals surface area contributed by atoms with Gasteiger partial charge in [-0.2, -0.15) is 21.6 Å². The highest BCUT2D eigenvalue weighted by Crippen LogP contribution is 2.62. The van der Waals surface area contributed by atoms with Gasteiger partial charge in [0.2, 0.25) is 0 Å². The molecular weight excluding hydrogens is 1390 g/mol. The fourth-order valence-electron chi connectivity index (χ4n) is 14.8. The first-order chi connectivity index (χ1) is 50.7. The summed E-state index contributed by atoms with van der Waals surface area (Å²) in [7, 11) is -5.95. The van der Waals surface area contributed by atoms with Crippen LogP contribution in [-0.2, 0) is 68.6 Å². The lowest BCUT2D eigenvalue weighted by molar-refractivity contribution is -0.363. The molecule has 2 saturated heterocycles. The van der Waals surface area contributed by atoms with Gasteiger partial charge in [-0.15, -0.1) is 0 Å². The van der Waals surface area contributed by atoms with Crippen LogP contribution in [0.3, 0.4) is 0 Å². The van der Waals surface area contributed by atoms with Crippen molar-refractivity contribution >= 4 is 51.9 Å². The molecule has 13 rings (SSSR count). The van der Waals surface area contributed by atoms with E-state index in [4.69, 9.17) is 52.1 Å². The molecule has 2 saturated carbocycles. The molecule has 21 nitrogen and oxygen atoms in total. The molecule has 0 aromatic heterocycles. The van der Waals surface area contributed by atoms with Gasteiger partial charge in [0, 0.05) is 0 Å². The van der Waals surface area contributed by atoms with Crippen molar-refractivity contribution in [1.82, 2.24) is 0 Å². The predicted molar refractivity (Wildman–Crippen MR) is 365 cm³/mol. The number of benzene rings is 8. The first kappa shape index (κ1) is 72.8. The number of hydrogen-bond acceptors (Lipinski definition) is 21. The number of rotatable bonds is 22. The van der Waals surface area contributed by atoms with Crippen LogP contribution in [-0.4, -0.2) is 136 Å². The third-order valence-electron chi connectivity index (χ3n) is 19.9. The Kier molecular flexibility index (Phi) is 22.0. The predicted octanol–water partition coefficient (Wildman–Crippen LogP) is 12.8. The average molecular weight is 1460 g/mol. The molecule has 3 aliphatic carbocycles. The summed E-state index contributed by atoms with van der Waals surface area (Å²) >= 11 is 0. The SMILES string of the molecule is C[C@]12CC[C@@H]3c4ccc(OS(=O)(=O)C(F)(F)F)cc4CC[C@H]3[C@@H]1CC[C@@H]2OC1OC(COC(=O)c2ccccc2)C(OC(=O)c2ccccc2)C(OC2OC(COC(=O)c3ccccc3)C(OC(=O)c3ccccc3)C(OC(=O)c3ccccc3)C2OC(=O)c2ccccc2)C1OC(=O)c1ccccc1. The molecule has 4 fully saturated rings. The van der Waals surface area contributed by atoms with Crippen molar-refractivity contribution in [1.29, 1.82) is 0 Å². The second-order valence-corrected chi connectivity index (χ2v) is 27.8. The summed E-state index contributed by atoms with van der Waals surface area (Å²) < 4.78 is 142. The quantitative estimate of drug-likeness (QED) is 0.0264. The summed E-state index contributed by atoms with van der Waals surface area (Å²) in [5, 5.41) is 0. The Bertz CT molecular complexity index is 4510. The Hall–Kier alpha value is -10.6. The van der Waals surface area contributed by atoms with Crippen molar-refractivity contribution < 1.29 is 111 Å². The van der Waals surface area contributed by atoms with Gasteiger partial charge >= 0.3 is 57.4 Å². The number of aryl methyl sites for hydroxylation is 1. The second-order valence-electron chi connectivity index (χ2n) is 26.3. The van der Waals surface area contributed by atoms with Gasteiger partial charge in [-0.3, -0.25) is 0 Å². The van der Waals surface area contributed by atoms with E-state index in [1.165, 1.54) is 97.1 Å². The van der Waals surface area contributed by atoms with Crippen molar-refractivity contribution in [3.8, 4) is 5.75 Å². The second kappa shape index (κ2) is 31.8. The molecule has 0 amide bonds. The van der Waals surface area contributed by atoms with Crippen LogP contribution in [0.1, 0.15) is 129 Å². The largest absolute Gasteiger partial charge is 0.534 e. The monoisotopic (exact) mass is 1460 g/mol. The molecule has 105 heavy (non-hydrogen) atoms. The Morgan fingerprint density at radius 2 is 0.790 bits per heavy atom. The molecule has 2 heterocycles. The van der Waals surface area contributed by atoms with Gasteiger partial charge in [0.15, 0.2) is 43.1 Å². The molecule has 15 atom stereocenters. The van der Waals surface area contributed by atoms with Crippen LogP contribution in [0, 0.1) is 17.3 Å². The molecule has 0 spiro atoms. The summed E-state index contributed by atoms with van der Waals surface area (Å²) in [4.78, 5) is 103. The van der Waals surface area contributed by atoms with Gasteiger partial charge in [-0.05, 0) is 170 Å². The molecule has 544 valence electrons. The number of halogens is 3. The van der Waals surface area contributed by atoms with E-state index in [1.54, 1.807) is 133 Å². The average Bonchev–Trinajstić information content (AvgIpc) is 1.66. The Morgan fingerprint density at radius 1 is 0.429 bits per heavy atom. The standard InChI is InChI=1S/C80H71F3O21S/c1-79-44-43-58-57-40-38-56(104-105(91,92)80(81,82)83)45-55(57)37-39-59(58)60(79)41-42-63(79)97-77-69(102-76(90)54-35-21-8-22-36-54)67(65(99-73(87)51-29-15-5-16-30-51)62(95-77)47-94-71(85)49-25-11-3-12-26-49)103-78-68(101-75(89)53-33-19-7-20-34-53)66(100-74(88)52-31-17-6-18-32-52)64(98-72(86)50-27-13-4-14-28-50)61(96-78)46-93-70(84)48-23-9-2-10-24-48/h2-36,38,40,45,58-69,77-78H,37,39,41-44,46-47H2,1H3/t58-,59-,60+,61?,62?,63+,64?,65?,66?,67?,68?,69?,77?,78?,79+/m1/s1. The van der Waals surface area contributed by atoms with Gasteiger partial charge < -0.3 is 56.3 Å². The fraction of sp³-hybridized carbons (Fsp3) is 0.312. The molecule has 8 aromatic carbocycles. The highest BCUT2D eigenvalue weighted by atomic mass is 32.2. The fourth-order valence-corrected chi connectivity index (χ4v) is 15.3. The third kappa shape index (κ3) is 16.4. The number of carbonyl (C=O) groups is 7. The number of fused-ring (bicyclic) bond motifs is 5. The summed E-state index contributed by atoms with van der Waals surface area (Å²) in [5.41, 5.74) is -4.70. The maximum absolute atomic E-state index is 15.2. The zero-order valence-corrected chi connectivity index (χ0v) is 57.1. The minimum absolute atomic E-state index is 0.00126. The van der Waals surface area contributed by atoms with E-state index in [0.717, 1.165) is 5.56 Å². The summed E-state index contributed by atoms with van der Waals surface area (Å²) in [6.07, 6.45) is -17.0. The van der Waals surface area contributed by atoms with Gasteiger partial charge in [0.05, 0.1) is 45.0 Å². The van der Waals surface area contributed by atoms with Crippen LogP contribution in [0.2, 0.25) is 0 Å². The van der Waals surface area contributed by atoms with Crippen molar-refractivity contribution in [2.75, 3.05) is 13.2 Å². The van der Waals surface area contributed by atoms with E-state index in [2.05, 4.69) is 11.1 Å². The lowest BCUT2D eigenvalue weighted by atomic mass is 9.55. The van der Waals surface area contributed by atoms with Crippen LogP contribution in [0.25, 0.3) is 0 Å². The minimum Gasteiger partial charge on any atom is -0.459 e. The molecule has 0 radical (unpaired) electrons. The van der Waals surface area contributed by atoms with Crippen molar-refractivity contribution in [3.63, 3.8) is 0 Å². The normalized spacial score (nSPS) is 26.1. The maximum atomic E-state index is 15.2. The highest BCUT2D eigenvalue weighted by molar-refractivity contribution is 7.88. The first-order valence-electron chi connectivity index (χ1n) is 34.2. The van der Waals surface area contributed by atoms with E-state index in [-0.39, 0.29) is 56.7 Å². The van der Waals surface area contributed by atoms with Crippen molar-refractivity contribution in [3.05, 3.63) is 281 Å². The number of alkyl halides is 3. The molecule has 0 bridgehead atoms. The Morgan fingerprint density at radius 3 is 1.20 bits per heavy atom. The Labute approximate surface area is 601 Å². The van der Waals surface area contributed by atoms with Crippen LogP contribution in [0.4, 0.5) is 13.2 Å². The van der Waals surface area contributed by atoms with Gasteiger partial charge in [-0.1, -0.05) is 140 Å². The molecular formula is C80H71F3O21S. The van der Waals surface area contributed by atoms with Gasteiger partial charge in [0.25, 0.3) is 0 Å². The molecule has 25 heteroatoms. The molecule has 2 aliphatic heterocycles. The number of esters is 7. The molecule has 10 unspecified atom stereocenters. The smallest absolute Gasteiger partial charge is 0.459 e. The highest BCUT2D eigenvalue weighted by Gasteiger charge is 2.62. The number of ether oxygens (including phenoxy) is 11. The topological polar surface area (TPSA) is 264 Å². The first-order valence-corrected chi connectivity index (χ1v) is 35.6. The number of hydrogen-bond donors (Lipinski definition) is 0. The Balaban J connectivity index is 0.941. The van der Waals surface area contributed by atoms with E-state index in [1.807, 2.05) is 0 Å². The van der Waals surface area contributed by atoms with Gasteiger partial charge in [0.1, 0.15) is 37.3 Å². The van der Waals surface area contributed by atoms with Gasteiger partial charge in [-0.25, -0.2) is 33.6 Å². The summed E-state index contributed by atoms with van der Waals surface area (Å²) in [6.45, 7) is 0.536. The van der Waals surface area contributed by atoms with Crippen LogP contribution < -0.4 is 4.18 Å². The lowest BCUT2D eigenvalue weighted by Crippen LogP contribution is -2.68. The van der Waals surface area contributed by atoms with Crippen LogP contribution >= 0.6 is 0 Å². The molecule has 5 aliphatic rings. The molecule has 0 N–H and O–H groups in total. The summed E-state index contributed by atoms with van der Waals surface area (Å²) in [5.74, 6) is -7.52. The van der Waals surface area contributed by atoms with Crippen LogP contribution in [0.15, 0.2) is 231 Å². The minimum atomic E-state index is -5.95. The van der Waals surface area contributed by atoms with Crippen LogP contribution in [0.5, 0.6) is 5.75 Å². The zero-order valence-electron chi connectivity index (χ0n) is 56.3. The third-order valence-corrected chi connectivity index (χ3v) is 20.9. The lowest BCUT2D eigenvalue weighted by Gasteiger charge is -2.52.